The predicted octanol–water partition coefficient (Wildman–Crippen LogP) is 2.58. The van der Waals surface area contributed by atoms with Crippen molar-refractivity contribution in [2.75, 3.05) is 19.7 Å². The molecule has 1 aliphatic heterocycles. The fourth-order valence-electron chi connectivity index (χ4n) is 2.35. The largest absolute Gasteiger partial charge is 0.483 e. The molecule has 0 spiro atoms. The van der Waals surface area contributed by atoms with Crippen LogP contribution in [0, 0.1) is 0 Å². The molecule has 0 atom stereocenters. The molecule has 0 aromatic heterocycles. The summed E-state index contributed by atoms with van der Waals surface area (Å²) < 4.78 is 5.75. The van der Waals surface area contributed by atoms with Crippen molar-refractivity contribution in [2.45, 2.75) is 45.7 Å². The smallest absolute Gasteiger partial charge is 0.260 e. The van der Waals surface area contributed by atoms with Gasteiger partial charge in [0.2, 0.25) is 0 Å². The minimum absolute atomic E-state index is 0.0540. The van der Waals surface area contributed by atoms with Crippen molar-refractivity contribution in [3.05, 3.63) is 29.8 Å². The molecule has 0 radical (unpaired) electrons. The van der Waals surface area contributed by atoms with Crippen molar-refractivity contribution in [3.8, 4) is 5.75 Å². The zero-order chi connectivity index (χ0) is 15.3. The van der Waals surface area contributed by atoms with Crippen LogP contribution in [0.1, 0.15) is 39.2 Å². The van der Waals surface area contributed by atoms with Gasteiger partial charge in [0.15, 0.2) is 6.61 Å². The molecule has 1 N–H and O–H groups in total. The number of para-hydroxylation sites is 1. The Morgan fingerprint density at radius 3 is 2.57 bits per heavy atom. The average molecular weight is 290 g/mol. The minimum Gasteiger partial charge on any atom is -0.483 e. The molecule has 1 aliphatic rings. The fraction of sp³-hybridized carbons (Fsp3) is 0.588. The molecule has 0 bridgehead atoms. The van der Waals surface area contributed by atoms with Gasteiger partial charge in [-0.05, 0) is 39.7 Å². The van der Waals surface area contributed by atoms with E-state index in [4.69, 9.17) is 4.74 Å². The molecule has 1 fully saturated rings. The number of rotatable bonds is 5. The van der Waals surface area contributed by atoms with Gasteiger partial charge in [0, 0.05) is 30.7 Å². The van der Waals surface area contributed by atoms with E-state index in [-0.39, 0.29) is 18.1 Å². The van der Waals surface area contributed by atoms with E-state index in [2.05, 4.69) is 26.1 Å². The first kappa shape index (κ1) is 15.8. The summed E-state index contributed by atoms with van der Waals surface area (Å²) in [7, 11) is 0. The lowest BCUT2D eigenvalue weighted by molar-refractivity contribution is -0.132. The van der Waals surface area contributed by atoms with Crippen molar-refractivity contribution in [1.82, 2.24) is 10.2 Å². The van der Waals surface area contributed by atoms with E-state index in [1.165, 1.54) is 0 Å². The molecule has 1 saturated heterocycles. The summed E-state index contributed by atoms with van der Waals surface area (Å²) in [5.74, 6) is 0.882. The van der Waals surface area contributed by atoms with Crippen LogP contribution < -0.4 is 10.1 Å². The maximum atomic E-state index is 12.0. The Morgan fingerprint density at radius 1 is 1.24 bits per heavy atom. The van der Waals surface area contributed by atoms with Gasteiger partial charge in [-0.3, -0.25) is 4.79 Å². The SMILES string of the molecule is CC(C)(C)NCc1ccccc1OCC(=O)N1CCCC1. The van der Waals surface area contributed by atoms with Crippen molar-refractivity contribution < 1.29 is 9.53 Å². The first-order valence-corrected chi connectivity index (χ1v) is 7.69. The van der Waals surface area contributed by atoms with Gasteiger partial charge in [-0.15, -0.1) is 0 Å². The summed E-state index contributed by atoms with van der Waals surface area (Å²) in [6, 6.07) is 7.90. The summed E-state index contributed by atoms with van der Waals surface area (Å²) in [4.78, 5) is 13.9. The lowest BCUT2D eigenvalue weighted by Gasteiger charge is -2.22. The Kier molecular flexibility index (Phi) is 5.23. The highest BCUT2D eigenvalue weighted by Gasteiger charge is 2.18. The fourth-order valence-corrected chi connectivity index (χ4v) is 2.35. The van der Waals surface area contributed by atoms with E-state index in [9.17, 15) is 4.79 Å². The second-order valence-electron chi connectivity index (χ2n) is 6.59. The second kappa shape index (κ2) is 6.94. The summed E-state index contributed by atoms with van der Waals surface area (Å²) >= 11 is 0. The highest BCUT2D eigenvalue weighted by Crippen LogP contribution is 2.19. The van der Waals surface area contributed by atoms with Crippen LogP contribution in [0.4, 0.5) is 0 Å². The van der Waals surface area contributed by atoms with E-state index in [0.29, 0.717) is 0 Å². The van der Waals surface area contributed by atoms with Gasteiger partial charge in [-0.2, -0.15) is 0 Å². The van der Waals surface area contributed by atoms with Crippen molar-refractivity contribution in [2.24, 2.45) is 0 Å². The number of hydrogen-bond acceptors (Lipinski definition) is 3. The number of nitrogens with zero attached hydrogens (tertiary/aromatic N) is 1. The van der Waals surface area contributed by atoms with Gasteiger partial charge in [-0.25, -0.2) is 0 Å². The van der Waals surface area contributed by atoms with Crippen LogP contribution in [-0.4, -0.2) is 36.0 Å². The molecule has 4 nitrogen and oxygen atoms in total. The number of amides is 1. The summed E-state index contributed by atoms with van der Waals surface area (Å²) in [6.07, 6.45) is 2.22. The average Bonchev–Trinajstić information content (AvgIpc) is 2.96. The molecule has 0 unspecified atom stereocenters. The van der Waals surface area contributed by atoms with Gasteiger partial charge in [0.1, 0.15) is 5.75 Å². The zero-order valence-electron chi connectivity index (χ0n) is 13.3. The summed E-state index contributed by atoms with van der Waals surface area (Å²) in [5.41, 5.74) is 1.14. The second-order valence-corrected chi connectivity index (χ2v) is 6.59. The van der Waals surface area contributed by atoms with Gasteiger partial charge in [0.25, 0.3) is 5.91 Å². The Labute approximate surface area is 127 Å². The lowest BCUT2D eigenvalue weighted by Crippen LogP contribution is -2.35. The Morgan fingerprint density at radius 2 is 1.90 bits per heavy atom. The van der Waals surface area contributed by atoms with Crippen LogP contribution in [-0.2, 0) is 11.3 Å². The maximum absolute atomic E-state index is 12.0. The molecular formula is C17H26N2O2. The number of hydrogen-bond donors (Lipinski definition) is 1. The molecule has 1 amide bonds. The molecule has 116 valence electrons. The van der Waals surface area contributed by atoms with Crippen LogP contribution in [0.25, 0.3) is 0 Å². The van der Waals surface area contributed by atoms with Crippen LogP contribution >= 0.6 is 0 Å². The molecule has 4 heteroatoms. The predicted molar refractivity (Wildman–Crippen MR) is 84.3 cm³/mol. The molecule has 2 rings (SSSR count). The number of likely N-dealkylation sites (tertiary alicyclic amines) is 1. The van der Waals surface area contributed by atoms with Crippen LogP contribution in [0.2, 0.25) is 0 Å². The standard InChI is InChI=1S/C17H26N2O2/c1-17(2,3)18-12-14-8-4-5-9-15(14)21-13-16(20)19-10-6-7-11-19/h4-5,8-9,18H,6-7,10-13H2,1-3H3. The van der Waals surface area contributed by atoms with E-state index in [1.54, 1.807) is 0 Å². The first-order chi connectivity index (χ1) is 9.96. The zero-order valence-corrected chi connectivity index (χ0v) is 13.3. The first-order valence-electron chi connectivity index (χ1n) is 7.69. The van der Waals surface area contributed by atoms with E-state index in [0.717, 1.165) is 43.8 Å². The van der Waals surface area contributed by atoms with Gasteiger partial charge in [0.05, 0.1) is 0 Å². The number of carbonyl (C=O) groups excluding carboxylic acids is 1. The number of ether oxygens (including phenoxy) is 1. The van der Waals surface area contributed by atoms with Crippen LogP contribution in [0.5, 0.6) is 5.75 Å². The van der Waals surface area contributed by atoms with Gasteiger partial charge in [-0.1, -0.05) is 18.2 Å². The normalized spacial score (nSPS) is 15.3. The Hall–Kier alpha value is -1.55. The van der Waals surface area contributed by atoms with Gasteiger partial charge < -0.3 is 15.0 Å². The maximum Gasteiger partial charge on any atom is 0.260 e. The molecule has 1 aromatic rings. The monoisotopic (exact) mass is 290 g/mol. The highest BCUT2D eigenvalue weighted by molar-refractivity contribution is 5.78. The molecular weight excluding hydrogens is 264 g/mol. The lowest BCUT2D eigenvalue weighted by atomic mass is 10.1. The number of nitrogens with one attached hydrogen (secondary N) is 1. The molecule has 1 heterocycles. The quantitative estimate of drug-likeness (QED) is 0.906. The third-order valence-electron chi connectivity index (χ3n) is 3.59. The van der Waals surface area contributed by atoms with Crippen molar-refractivity contribution in [3.63, 3.8) is 0 Å². The molecule has 0 aliphatic carbocycles. The minimum atomic E-state index is 0.0540. The van der Waals surface area contributed by atoms with Gasteiger partial charge >= 0.3 is 0 Å². The molecule has 0 saturated carbocycles. The third-order valence-corrected chi connectivity index (χ3v) is 3.59. The van der Waals surface area contributed by atoms with E-state index in [1.807, 2.05) is 29.2 Å². The third kappa shape index (κ3) is 5.05. The summed E-state index contributed by atoms with van der Waals surface area (Å²) in [5, 5.41) is 3.45. The number of carbonyl (C=O) groups is 1. The van der Waals surface area contributed by atoms with E-state index >= 15 is 0 Å². The Bertz CT molecular complexity index is 474. The van der Waals surface area contributed by atoms with Crippen LogP contribution in [0.15, 0.2) is 24.3 Å². The molecule has 21 heavy (non-hydrogen) atoms. The Balaban J connectivity index is 1.91. The van der Waals surface area contributed by atoms with Crippen molar-refractivity contribution in [1.29, 1.82) is 0 Å². The van der Waals surface area contributed by atoms with E-state index < -0.39 is 0 Å². The molecule has 1 aromatic carbocycles. The topological polar surface area (TPSA) is 41.6 Å². The summed E-state index contributed by atoms with van der Waals surface area (Å²) in [6.45, 7) is 9.00. The highest BCUT2D eigenvalue weighted by atomic mass is 16.5. The number of benzene rings is 1. The van der Waals surface area contributed by atoms with Crippen molar-refractivity contribution >= 4 is 5.91 Å². The van der Waals surface area contributed by atoms with Crippen LogP contribution in [0.3, 0.4) is 0 Å².